The second kappa shape index (κ2) is 8.94. The minimum absolute atomic E-state index is 0.198. The van der Waals surface area contributed by atoms with Crippen LogP contribution < -0.4 is 18.9 Å². The average Bonchev–Trinajstić information content (AvgIpc) is 2.67. The minimum Gasteiger partial charge on any atom is -0.497 e. The average molecular weight is 363 g/mol. The van der Waals surface area contributed by atoms with Gasteiger partial charge in [-0.1, -0.05) is 11.6 Å². The van der Waals surface area contributed by atoms with Crippen molar-refractivity contribution in [3.05, 3.63) is 47.5 Å². The third-order valence-electron chi connectivity index (χ3n) is 3.37. The summed E-state index contributed by atoms with van der Waals surface area (Å²) in [5.74, 6) is 2.24. The van der Waals surface area contributed by atoms with E-state index in [0.29, 0.717) is 22.8 Å². The van der Waals surface area contributed by atoms with Crippen LogP contribution in [-0.4, -0.2) is 39.8 Å². The van der Waals surface area contributed by atoms with E-state index in [0.717, 1.165) is 11.3 Å². The Morgan fingerprint density at radius 1 is 0.880 bits per heavy atom. The van der Waals surface area contributed by atoms with Crippen molar-refractivity contribution < 1.29 is 18.9 Å². The van der Waals surface area contributed by atoms with E-state index in [1.165, 1.54) is 21.3 Å². The maximum atomic E-state index is 6.24. The lowest BCUT2D eigenvalue weighted by atomic mass is 10.2. The molecule has 0 heterocycles. The SMILES string of the molecule is COc1ccc(/C=N/N=C(\Cl)c2cc(OC)c(OC)c(OC)c2)cc1. The lowest BCUT2D eigenvalue weighted by molar-refractivity contribution is 0.324. The molecule has 0 amide bonds. The van der Waals surface area contributed by atoms with Crippen LogP contribution in [0.3, 0.4) is 0 Å². The fourth-order valence-electron chi connectivity index (χ4n) is 2.09. The van der Waals surface area contributed by atoms with Crippen molar-refractivity contribution in [1.82, 2.24) is 0 Å². The Balaban J connectivity index is 2.24. The van der Waals surface area contributed by atoms with Gasteiger partial charge in [-0.2, -0.15) is 5.10 Å². The van der Waals surface area contributed by atoms with Gasteiger partial charge in [-0.05, 0) is 42.0 Å². The summed E-state index contributed by atoms with van der Waals surface area (Å²) in [5.41, 5.74) is 1.47. The highest BCUT2D eigenvalue weighted by molar-refractivity contribution is 6.69. The molecule has 0 bridgehead atoms. The Labute approximate surface area is 151 Å². The Bertz CT molecular complexity index is 748. The molecule has 6 nitrogen and oxygen atoms in total. The van der Waals surface area contributed by atoms with Crippen molar-refractivity contribution in [3.8, 4) is 23.0 Å². The molecule has 0 N–H and O–H groups in total. The Kier molecular flexibility index (Phi) is 6.65. The zero-order valence-corrected chi connectivity index (χ0v) is 15.2. The molecule has 0 saturated heterocycles. The van der Waals surface area contributed by atoms with Crippen molar-refractivity contribution in [2.75, 3.05) is 28.4 Å². The maximum Gasteiger partial charge on any atom is 0.203 e. The molecule has 0 aliphatic heterocycles. The van der Waals surface area contributed by atoms with Crippen molar-refractivity contribution in [1.29, 1.82) is 0 Å². The van der Waals surface area contributed by atoms with Crippen LogP contribution >= 0.6 is 11.6 Å². The van der Waals surface area contributed by atoms with Crippen LogP contribution in [0.1, 0.15) is 11.1 Å². The largest absolute Gasteiger partial charge is 0.497 e. The summed E-state index contributed by atoms with van der Waals surface area (Å²) in [5, 5.41) is 8.21. The fraction of sp³-hybridized carbons (Fsp3) is 0.222. The molecule has 0 aliphatic carbocycles. The number of benzene rings is 2. The second-order valence-corrected chi connectivity index (χ2v) is 5.18. The molecule has 0 radical (unpaired) electrons. The van der Waals surface area contributed by atoms with Crippen LogP contribution in [0.25, 0.3) is 0 Å². The number of methoxy groups -OCH3 is 4. The van der Waals surface area contributed by atoms with Gasteiger partial charge in [0.25, 0.3) is 0 Å². The monoisotopic (exact) mass is 362 g/mol. The number of halogens is 1. The summed E-state index contributed by atoms with van der Waals surface area (Å²) < 4.78 is 21.0. The zero-order chi connectivity index (χ0) is 18.2. The van der Waals surface area contributed by atoms with E-state index < -0.39 is 0 Å². The van der Waals surface area contributed by atoms with E-state index in [9.17, 15) is 0 Å². The van der Waals surface area contributed by atoms with Crippen LogP contribution in [0.2, 0.25) is 0 Å². The van der Waals surface area contributed by atoms with Crippen molar-refractivity contribution in [2.45, 2.75) is 0 Å². The highest BCUT2D eigenvalue weighted by Crippen LogP contribution is 2.38. The molecule has 0 aliphatic rings. The lowest BCUT2D eigenvalue weighted by Crippen LogP contribution is -1.99. The molecule has 0 spiro atoms. The van der Waals surface area contributed by atoms with E-state index in [1.807, 2.05) is 24.3 Å². The van der Waals surface area contributed by atoms with Gasteiger partial charge in [0, 0.05) is 5.56 Å². The Morgan fingerprint density at radius 3 is 1.96 bits per heavy atom. The predicted molar refractivity (Wildman–Crippen MR) is 99.1 cm³/mol. The molecule has 2 aromatic carbocycles. The van der Waals surface area contributed by atoms with Crippen LogP contribution in [-0.2, 0) is 0 Å². The first-order valence-corrected chi connectivity index (χ1v) is 7.71. The summed E-state index contributed by atoms with van der Waals surface area (Å²) in [7, 11) is 6.22. The summed E-state index contributed by atoms with van der Waals surface area (Å²) in [6.45, 7) is 0. The Hall–Kier alpha value is -2.73. The van der Waals surface area contributed by atoms with Crippen LogP contribution in [0.5, 0.6) is 23.0 Å². The third-order valence-corrected chi connectivity index (χ3v) is 3.66. The molecule has 2 aromatic rings. The number of ether oxygens (including phenoxy) is 4. The Morgan fingerprint density at radius 2 is 1.48 bits per heavy atom. The van der Waals surface area contributed by atoms with Gasteiger partial charge in [0.05, 0.1) is 34.7 Å². The molecular formula is C18H19ClN2O4. The molecule has 0 saturated carbocycles. The van der Waals surface area contributed by atoms with Gasteiger partial charge in [0.15, 0.2) is 16.7 Å². The number of hydrogen-bond acceptors (Lipinski definition) is 6. The van der Waals surface area contributed by atoms with Gasteiger partial charge in [0.1, 0.15) is 5.75 Å². The van der Waals surface area contributed by atoms with Crippen LogP contribution in [0.4, 0.5) is 0 Å². The summed E-state index contributed by atoms with van der Waals surface area (Å²) in [6.07, 6.45) is 1.60. The quantitative estimate of drug-likeness (QED) is 0.556. The van der Waals surface area contributed by atoms with Crippen molar-refractivity contribution in [3.63, 3.8) is 0 Å². The normalized spacial score (nSPS) is 11.5. The molecule has 0 fully saturated rings. The number of rotatable bonds is 7. The molecule has 7 heteroatoms. The van der Waals surface area contributed by atoms with E-state index in [1.54, 1.807) is 25.5 Å². The number of hydrogen-bond donors (Lipinski definition) is 0. The molecule has 25 heavy (non-hydrogen) atoms. The molecule has 0 aromatic heterocycles. The molecule has 2 rings (SSSR count). The first-order chi connectivity index (χ1) is 12.1. The van der Waals surface area contributed by atoms with Gasteiger partial charge >= 0.3 is 0 Å². The van der Waals surface area contributed by atoms with Gasteiger partial charge in [-0.15, -0.1) is 5.10 Å². The number of nitrogens with zero attached hydrogens (tertiary/aromatic N) is 2. The van der Waals surface area contributed by atoms with Gasteiger partial charge < -0.3 is 18.9 Å². The van der Waals surface area contributed by atoms with Crippen LogP contribution in [0, 0.1) is 0 Å². The first kappa shape index (κ1) is 18.6. The summed E-state index contributed by atoms with van der Waals surface area (Å²) in [6, 6.07) is 10.8. The third kappa shape index (κ3) is 4.64. The van der Waals surface area contributed by atoms with E-state index in [2.05, 4.69) is 10.2 Å². The first-order valence-electron chi connectivity index (χ1n) is 7.34. The topological polar surface area (TPSA) is 61.6 Å². The van der Waals surface area contributed by atoms with Crippen molar-refractivity contribution >= 4 is 23.0 Å². The van der Waals surface area contributed by atoms with Gasteiger partial charge in [-0.25, -0.2) is 0 Å². The molecular weight excluding hydrogens is 344 g/mol. The highest BCUT2D eigenvalue weighted by atomic mass is 35.5. The van der Waals surface area contributed by atoms with E-state index in [4.69, 9.17) is 30.5 Å². The maximum absolute atomic E-state index is 6.24. The fourth-order valence-corrected chi connectivity index (χ4v) is 2.25. The minimum atomic E-state index is 0.198. The second-order valence-electron chi connectivity index (χ2n) is 4.82. The summed E-state index contributed by atoms with van der Waals surface area (Å²) in [4.78, 5) is 0. The van der Waals surface area contributed by atoms with E-state index >= 15 is 0 Å². The van der Waals surface area contributed by atoms with E-state index in [-0.39, 0.29) is 5.17 Å². The van der Waals surface area contributed by atoms with Gasteiger partial charge in [-0.3, -0.25) is 0 Å². The van der Waals surface area contributed by atoms with Gasteiger partial charge in [0.2, 0.25) is 5.75 Å². The smallest absolute Gasteiger partial charge is 0.203 e. The zero-order valence-electron chi connectivity index (χ0n) is 14.4. The van der Waals surface area contributed by atoms with Crippen LogP contribution in [0.15, 0.2) is 46.6 Å². The highest BCUT2D eigenvalue weighted by Gasteiger charge is 2.15. The molecule has 0 unspecified atom stereocenters. The lowest BCUT2D eigenvalue weighted by Gasteiger charge is -2.13. The summed E-state index contributed by atoms with van der Waals surface area (Å²) >= 11 is 6.24. The predicted octanol–water partition coefficient (Wildman–Crippen LogP) is 3.74. The molecule has 132 valence electrons. The standard InChI is InChI=1S/C18H19ClN2O4/c1-22-14-7-5-12(6-8-14)11-20-21-18(19)13-9-15(23-2)17(25-4)16(10-13)24-3/h5-11H,1-4H3/b20-11+,21-18-. The molecule has 0 atom stereocenters. The van der Waals surface area contributed by atoms with Crippen molar-refractivity contribution in [2.24, 2.45) is 10.2 Å².